The molecule has 0 aliphatic rings. The highest BCUT2D eigenvalue weighted by atomic mass is 16.5. The van der Waals surface area contributed by atoms with Crippen molar-refractivity contribution >= 4 is 5.82 Å². The zero-order valence-electron chi connectivity index (χ0n) is 8.62. The van der Waals surface area contributed by atoms with Crippen LogP contribution in [0.1, 0.15) is 6.42 Å². The van der Waals surface area contributed by atoms with Crippen molar-refractivity contribution in [2.24, 2.45) is 0 Å². The first-order chi connectivity index (χ1) is 6.86. The van der Waals surface area contributed by atoms with Crippen LogP contribution in [-0.2, 0) is 4.74 Å². The Hall–Kier alpha value is -1.29. The normalized spacial score (nSPS) is 9.86. The van der Waals surface area contributed by atoms with Crippen LogP contribution in [0.2, 0.25) is 0 Å². The van der Waals surface area contributed by atoms with Gasteiger partial charge in [-0.3, -0.25) is 0 Å². The molecule has 0 saturated heterocycles. The second-order valence-corrected chi connectivity index (χ2v) is 2.82. The van der Waals surface area contributed by atoms with Gasteiger partial charge < -0.3 is 14.8 Å². The Bertz CT molecular complexity index is 266. The van der Waals surface area contributed by atoms with Crippen molar-refractivity contribution in [3.8, 4) is 5.75 Å². The molecule has 0 aromatic carbocycles. The molecule has 1 aromatic heterocycles. The fourth-order valence-corrected chi connectivity index (χ4v) is 1.03. The number of anilines is 1. The third-order valence-corrected chi connectivity index (χ3v) is 1.75. The van der Waals surface area contributed by atoms with E-state index in [2.05, 4.69) is 10.3 Å². The van der Waals surface area contributed by atoms with E-state index in [-0.39, 0.29) is 0 Å². The van der Waals surface area contributed by atoms with Crippen molar-refractivity contribution in [2.75, 3.05) is 32.7 Å². The van der Waals surface area contributed by atoms with Crippen LogP contribution in [0.5, 0.6) is 5.75 Å². The van der Waals surface area contributed by atoms with Crippen LogP contribution in [0.25, 0.3) is 0 Å². The summed E-state index contributed by atoms with van der Waals surface area (Å²) >= 11 is 0. The van der Waals surface area contributed by atoms with Crippen LogP contribution in [-0.4, -0.2) is 32.4 Å². The quantitative estimate of drug-likeness (QED) is 0.701. The molecular weight excluding hydrogens is 180 g/mol. The molecule has 1 N–H and O–H groups in total. The zero-order chi connectivity index (χ0) is 10.2. The lowest BCUT2D eigenvalue weighted by Crippen LogP contribution is -2.02. The van der Waals surface area contributed by atoms with Gasteiger partial charge in [0.2, 0.25) is 0 Å². The molecule has 0 radical (unpaired) electrons. The van der Waals surface area contributed by atoms with Crippen molar-refractivity contribution in [3.05, 3.63) is 18.3 Å². The molecule has 1 rings (SSSR count). The van der Waals surface area contributed by atoms with Crippen molar-refractivity contribution in [1.29, 1.82) is 0 Å². The van der Waals surface area contributed by atoms with Crippen molar-refractivity contribution < 1.29 is 9.47 Å². The van der Waals surface area contributed by atoms with Gasteiger partial charge in [-0.1, -0.05) is 0 Å². The SMILES string of the molecule is CNc1cc(OCCCOC)ccn1. The summed E-state index contributed by atoms with van der Waals surface area (Å²) in [5.74, 6) is 1.65. The number of rotatable bonds is 6. The van der Waals surface area contributed by atoms with Gasteiger partial charge in [-0.2, -0.15) is 0 Å². The number of nitrogens with one attached hydrogen (secondary N) is 1. The van der Waals surface area contributed by atoms with E-state index in [4.69, 9.17) is 9.47 Å². The molecule has 1 aromatic rings. The Balaban J connectivity index is 2.34. The maximum atomic E-state index is 5.49. The summed E-state index contributed by atoms with van der Waals surface area (Å²) in [6, 6.07) is 3.71. The van der Waals surface area contributed by atoms with Gasteiger partial charge in [0, 0.05) is 39.4 Å². The number of aromatic nitrogens is 1. The maximum Gasteiger partial charge on any atom is 0.129 e. The first kappa shape index (κ1) is 10.8. The first-order valence-electron chi connectivity index (χ1n) is 4.62. The maximum absolute atomic E-state index is 5.49. The first-order valence-corrected chi connectivity index (χ1v) is 4.62. The monoisotopic (exact) mass is 196 g/mol. The van der Waals surface area contributed by atoms with Gasteiger partial charge in [0.15, 0.2) is 0 Å². The number of ether oxygens (including phenoxy) is 2. The Labute approximate surface area is 84.3 Å². The molecule has 1 heterocycles. The molecule has 0 saturated carbocycles. The summed E-state index contributed by atoms with van der Waals surface area (Å²) in [6.45, 7) is 1.39. The Morgan fingerprint density at radius 1 is 1.43 bits per heavy atom. The lowest BCUT2D eigenvalue weighted by Gasteiger charge is -2.06. The largest absolute Gasteiger partial charge is 0.493 e. The number of methoxy groups -OCH3 is 1. The van der Waals surface area contributed by atoms with E-state index in [1.807, 2.05) is 19.2 Å². The van der Waals surface area contributed by atoms with Gasteiger partial charge in [-0.15, -0.1) is 0 Å². The molecular formula is C10H16N2O2. The van der Waals surface area contributed by atoms with Crippen LogP contribution in [0.4, 0.5) is 5.82 Å². The third-order valence-electron chi connectivity index (χ3n) is 1.75. The van der Waals surface area contributed by atoms with E-state index in [1.165, 1.54) is 0 Å². The highest BCUT2D eigenvalue weighted by molar-refractivity contribution is 5.39. The topological polar surface area (TPSA) is 43.4 Å². The number of nitrogens with zero attached hydrogens (tertiary/aromatic N) is 1. The third kappa shape index (κ3) is 3.62. The van der Waals surface area contributed by atoms with E-state index >= 15 is 0 Å². The molecule has 14 heavy (non-hydrogen) atoms. The highest BCUT2D eigenvalue weighted by Crippen LogP contribution is 2.13. The molecule has 4 nitrogen and oxygen atoms in total. The van der Waals surface area contributed by atoms with Gasteiger partial charge in [-0.05, 0) is 6.07 Å². The van der Waals surface area contributed by atoms with E-state index < -0.39 is 0 Å². The Morgan fingerprint density at radius 2 is 2.29 bits per heavy atom. The average molecular weight is 196 g/mol. The van der Waals surface area contributed by atoms with Crippen LogP contribution in [0, 0.1) is 0 Å². The van der Waals surface area contributed by atoms with Crippen molar-refractivity contribution in [2.45, 2.75) is 6.42 Å². The van der Waals surface area contributed by atoms with Gasteiger partial charge in [0.25, 0.3) is 0 Å². The van der Waals surface area contributed by atoms with Gasteiger partial charge in [0.1, 0.15) is 11.6 Å². The molecule has 0 bridgehead atoms. The smallest absolute Gasteiger partial charge is 0.129 e. The summed E-state index contributed by atoms with van der Waals surface area (Å²) in [7, 11) is 3.52. The second-order valence-electron chi connectivity index (χ2n) is 2.82. The molecule has 0 spiro atoms. The highest BCUT2D eigenvalue weighted by Gasteiger charge is 1.95. The molecule has 78 valence electrons. The summed E-state index contributed by atoms with van der Waals surface area (Å²) in [5, 5.41) is 2.95. The van der Waals surface area contributed by atoms with Crippen LogP contribution >= 0.6 is 0 Å². The lowest BCUT2D eigenvalue weighted by molar-refractivity contribution is 0.172. The van der Waals surface area contributed by atoms with Crippen LogP contribution in [0.3, 0.4) is 0 Å². The summed E-state index contributed by atoms with van der Waals surface area (Å²) in [4.78, 5) is 4.09. The second kappa shape index (κ2) is 6.21. The molecule has 0 aliphatic heterocycles. The van der Waals surface area contributed by atoms with Gasteiger partial charge >= 0.3 is 0 Å². The standard InChI is InChI=1S/C10H16N2O2/c1-11-10-8-9(4-5-12-10)14-7-3-6-13-2/h4-5,8H,3,6-7H2,1-2H3,(H,11,12). The van der Waals surface area contributed by atoms with Crippen molar-refractivity contribution in [1.82, 2.24) is 4.98 Å². The van der Waals surface area contributed by atoms with E-state index in [0.29, 0.717) is 6.61 Å². The average Bonchev–Trinajstić information content (AvgIpc) is 2.25. The Morgan fingerprint density at radius 3 is 3.00 bits per heavy atom. The minimum atomic E-state index is 0.668. The molecule has 0 atom stereocenters. The zero-order valence-corrected chi connectivity index (χ0v) is 8.62. The van der Waals surface area contributed by atoms with E-state index in [1.54, 1.807) is 13.3 Å². The molecule has 4 heteroatoms. The van der Waals surface area contributed by atoms with E-state index in [9.17, 15) is 0 Å². The van der Waals surface area contributed by atoms with E-state index in [0.717, 1.165) is 24.6 Å². The Kier molecular flexibility index (Phi) is 4.78. The number of hydrogen-bond acceptors (Lipinski definition) is 4. The molecule has 0 fully saturated rings. The number of hydrogen-bond donors (Lipinski definition) is 1. The minimum absolute atomic E-state index is 0.668. The van der Waals surface area contributed by atoms with Crippen LogP contribution in [0.15, 0.2) is 18.3 Å². The lowest BCUT2D eigenvalue weighted by atomic mass is 10.4. The fourth-order valence-electron chi connectivity index (χ4n) is 1.03. The fraction of sp³-hybridized carbons (Fsp3) is 0.500. The summed E-state index contributed by atoms with van der Waals surface area (Å²) in [6.07, 6.45) is 2.62. The minimum Gasteiger partial charge on any atom is -0.493 e. The number of pyridine rings is 1. The molecule has 0 unspecified atom stereocenters. The summed E-state index contributed by atoms with van der Waals surface area (Å²) in [5.41, 5.74) is 0. The molecule has 0 aliphatic carbocycles. The predicted molar refractivity (Wildman–Crippen MR) is 55.8 cm³/mol. The summed E-state index contributed by atoms with van der Waals surface area (Å²) < 4.78 is 10.4. The van der Waals surface area contributed by atoms with Crippen LogP contribution < -0.4 is 10.1 Å². The van der Waals surface area contributed by atoms with Gasteiger partial charge in [-0.25, -0.2) is 4.98 Å². The predicted octanol–water partition coefficient (Wildman–Crippen LogP) is 1.54. The van der Waals surface area contributed by atoms with Crippen molar-refractivity contribution in [3.63, 3.8) is 0 Å². The molecule has 0 amide bonds. The van der Waals surface area contributed by atoms with Gasteiger partial charge in [0.05, 0.1) is 6.61 Å².